The minimum absolute atomic E-state index is 0. The Hall–Kier alpha value is -2.70. The van der Waals surface area contributed by atoms with Crippen LogP contribution in [0.25, 0.3) is 10.8 Å². The van der Waals surface area contributed by atoms with Crippen LogP contribution in [-0.2, 0) is 10.1 Å². The first kappa shape index (κ1) is 29.9. The van der Waals surface area contributed by atoms with Crippen molar-refractivity contribution in [2.75, 3.05) is 12.4 Å². The molecule has 0 radical (unpaired) electrons. The number of methoxy groups -OCH3 is 1. The number of aryl methyl sites for hydroxylation is 1. The van der Waals surface area contributed by atoms with Gasteiger partial charge in [0.05, 0.1) is 17.8 Å². The van der Waals surface area contributed by atoms with Crippen molar-refractivity contribution >= 4 is 67.1 Å². The summed E-state index contributed by atoms with van der Waals surface area (Å²) in [4.78, 5) is 12.5. The van der Waals surface area contributed by atoms with Crippen LogP contribution in [0.2, 0.25) is 10.0 Å². The summed E-state index contributed by atoms with van der Waals surface area (Å²) >= 11 is 12.1. The monoisotopic (exact) mass is 581 g/mol. The van der Waals surface area contributed by atoms with Gasteiger partial charge in [0.25, 0.3) is 16.0 Å². The largest absolute Gasteiger partial charge is 1.00 e. The molecule has 0 fully saturated rings. The summed E-state index contributed by atoms with van der Waals surface area (Å²) in [5.74, 6) is -1.03. The Labute approximate surface area is 250 Å². The number of nitrogens with zero attached hydrogens (tertiary/aromatic N) is 2. The number of ether oxygens (including phenoxy) is 1. The van der Waals surface area contributed by atoms with Gasteiger partial charge in [0.2, 0.25) is 0 Å². The molecule has 0 aliphatic carbocycles. The van der Waals surface area contributed by atoms with Crippen molar-refractivity contribution in [2.45, 2.75) is 11.8 Å². The smallest absolute Gasteiger partial charge is 0.870 e. The molecule has 0 saturated carbocycles. The number of hydrogen-bond donors (Lipinski definition) is 2. The molecule has 0 bridgehead atoms. The van der Waals surface area contributed by atoms with Gasteiger partial charge < -0.3 is 15.2 Å². The van der Waals surface area contributed by atoms with E-state index in [0.29, 0.717) is 27.8 Å². The van der Waals surface area contributed by atoms with Gasteiger partial charge in [-0.05, 0) is 54.3 Å². The first-order valence-corrected chi connectivity index (χ1v) is 12.8. The van der Waals surface area contributed by atoms with Crippen LogP contribution < -0.4 is 44.7 Å². The molecular formula is C25H18Cl2N3NaO6S. The van der Waals surface area contributed by atoms with Crippen molar-refractivity contribution in [1.29, 1.82) is 0 Å². The normalized spacial score (nSPS) is 11.4. The van der Waals surface area contributed by atoms with Gasteiger partial charge in [-0.15, -0.1) is 5.11 Å². The molecule has 38 heavy (non-hydrogen) atoms. The van der Waals surface area contributed by atoms with Gasteiger partial charge in [0, 0.05) is 21.7 Å². The maximum Gasteiger partial charge on any atom is 1.00 e. The molecule has 0 spiro atoms. The van der Waals surface area contributed by atoms with Gasteiger partial charge in [-0.1, -0.05) is 53.2 Å². The van der Waals surface area contributed by atoms with Gasteiger partial charge in [-0.25, -0.2) is 0 Å². The number of carbonyl (C=O) groups excluding carboxylic acids is 1. The van der Waals surface area contributed by atoms with E-state index in [1.807, 2.05) is 0 Å². The third-order valence-electron chi connectivity index (χ3n) is 5.41. The van der Waals surface area contributed by atoms with E-state index < -0.39 is 26.7 Å². The first-order chi connectivity index (χ1) is 17.5. The van der Waals surface area contributed by atoms with Crippen molar-refractivity contribution in [3.63, 3.8) is 0 Å². The molecule has 4 aromatic carbocycles. The number of fused-ring (bicyclic) bond motifs is 1. The topological polar surface area (TPSA) is 140 Å². The summed E-state index contributed by atoms with van der Waals surface area (Å²) in [7, 11) is -3.24. The SMILES string of the molecule is COc1ccc(NC(=O)c2cc3ccccc3c(N=Nc3cc(C)c(Cl)cc3S(=O)(=O)O)c2[O-])cc1Cl.[Na+]. The second kappa shape index (κ2) is 12.0. The molecule has 0 heterocycles. The fourth-order valence-electron chi connectivity index (χ4n) is 3.56. The Morgan fingerprint density at radius 2 is 1.74 bits per heavy atom. The number of anilines is 1. The van der Waals surface area contributed by atoms with E-state index in [1.54, 1.807) is 43.3 Å². The van der Waals surface area contributed by atoms with E-state index >= 15 is 0 Å². The number of benzene rings is 4. The fourth-order valence-corrected chi connectivity index (χ4v) is 4.67. The molecule has 9 nitrogen and oxygen atoms in total. The number of amides is 1. The van der Waals surface area contributed by atoms with Crippen molar-refractivity contribution in [3.8, 4) is 11.5 Å². The molecule has 0 aliphatic heterocycles. The zero-order chi connectivity index (χ0) is 26.9. The van der Waals surface area contributed by atoms with E-state index in [0.717, 1.165) is 6.07 Å². The Bertz CT molecular complexity index is 1700. The third kappa shape index (κ3) is 6.29. The molecule has 0 atom stereocenters. The fraction of sp³-hybridized carbons (Fsp3) is 0.0800. The molecule has 0 aliphatic rings. The average molecular weight is 582 g/mol. The summed E-state index contributed by atoms with van der Waals surface area (Å²) in [6.45, 7) is 1.61. The van der Waals surface area contributed by atoms with Gasteiger partial charge >= 0.3 is 29.6 Å². The molecule has 13 heteroatoms. The minimum atomic E-state index is -4.69. The summed E-state index contributed by atoms with van der Waals surface area (Å²) < 4.78 is 38.4. The van der Waals surface area contributed by atoms with Crippen LogP contribution >= 0.6 is 23.2 Å². The van der Waals surface area contributed by atoms with Crippen molar-refractivity contribution in [3.05, 3.63) is 81.8 Å². The zero-order valence-electron chi connectivity index (χ0n) is 20.3. The van der Waals surface area contributed by atoms with Crippen molar-refractivity contribution in [1.82, 2.24) is 0 Å². The molecular weight excluding hydrogens is 564 g/mol. The molecule has 4 aromatic rings. The molecule has 0 aromatic heterocycles. The molecule has 0 unspecified atom stereocenters. The van der Waals surface area contributed by atoms with Gasteiger partial charge in [0.15, 0.2) is 0 Å². The Kier molecular flexibility index (Phi) is 9.43. The Balaban J connectivity index is 0.00000400. The maximum atomic E-state index is 13.4. The number of nitrogens with one attached hydrogen (secondary N) is 1. The first-order valence-electron chi connectivity index (χ1n) is 10.6. The summed E-state index contributed by atoms with van der Waals surface area (Å²) in [6.07, 6.45) is 0. The summed E-state index contributed by atoms with van der Waals surface area (Å²) in [5, 5.41) is 25.2. The summed E-state index contributed by atoms with van der Waals surface area (Å²) in [5.41, 5.74) is 0.171. The van der Waals surface area contributed by atoms with Gasteiger partial charge in [-0.2, -0.15) is 13.5 Å². The summed E-state index contributed by atoms with van der Waals surface area (Å²) in [6, 6.07) is 15.1. The van der Waals surface area contributed by atoms with Crippen molar-refractivity contribution in [2.24, 2.45) is 10.2 Å². The standard InChI is InChI=1S/C25H19Cl2N3O6S.Na/c1-13-9-20(22(12-18(13)26)37(33,34)35)29-30-23-16-6-4-3-5-14(16)10-17(24(23)31)25(32)28-15-7-8-21(36-2)19(27)11-15;/h3-12,31H,1-2H3,(H,28,32)(H,33,34,35);/q;+1/p-1. The van der Waals surface area contributed by atoms with E-state index in [9.17, 15) is 22.9 Å². The van der Waals surface area contributed by atoms with Crippen LogP contribution in [-0.4, -0.2) is 26.0 Å². The number of azo groups is 1. The predicted molar refractivity (Wildman–Crippen MR) is 140 cm³/mol. The quantitative estimate of drug-likeness (QED) is 0.203. The number of hydrogen-bond acceptors (Lipinski definition) is 7. The molecule has 190 valence electrons. The van der Waals surface area contributed by atoms with E-state index in [-0.39, 0.29) is 56.5 Å². The number of carbonyl (C=O) groups is 1. The predicted octanol–water partition coefficient (Wildman–Crippen LogP) is 3.46. The van der Waals surface area contributed by atoms with Crippen LogP contribution in [0.15, 0.2) is 75.8 Å². The van der Waals surface area contributed by atoms with Gasteiger partial charge in [0.1, 0.15) is 16.3 Å². The Morgan fingerprint density at radius 1 is 1.03 bits per heavy atom. The van der Waals surface area contributed by atoms with Gasteiger partial charge in [-0.3, -0.25) is 9.35 Å². The van der Waals surface area contributed by atoms with Crippen LogP contribution in [0.1, 0.15) is 15.9 Å². The second-order valence-electron chi connectivity index (χ2n) is 7.87. The van der Waals surface area contributed by atoms with Crippen LogP contribution in [0, 0.1) is 6.92 Å². The van der Waals surface area contributed by atoms with Crippen LogP contribution in [0.3, 0.4) is 0 Å². The van der Waals surface area contributed by atoms with E-state index in [1.165, 1.54) is 25.3 Å². The second-order valence-corrected chi connectivity index (χ2v) is 10.1. The average Bonchev–Trinajstić information content (AvgIpc) is 2.84. The molecule has 0 saturated heterocycles. The number of rotatable bonds is 6. The molecule has 4 rings (SSSR count). The van der Waals surface area contributed by atoms with E-state index in [4.69, 9.17) is 27.9 Å². The van der Waals surface area contributed by atoms with Crippen LogP contribution in [0.5, 0.6) is 11.5 Å². The minimum Gasteiger partial charge on any atom is -0.870 e. The van der Waals surface area contributed by atoms with Crippen molar-refractivity contribution < 1.29 is 57.2 Å². The number of halogens is 2. The van der Waals surface area contributed by atoms with E-state index in [2.05, 4.69) is 15.5 Å². The molecule has 1 amide bonds. The van der Waals surface area contributed by atoms with Crippen LogP contribution in [0.4, 0.5) is 17.1 Å². The molecule has 2 N–H and O–H groups in total. The Morgan fingerprint density at radius 3 is 2.39 bits per heavy atom. The maximum absolute atomic E-state index is 13.4. The third-order valence-corrected chi connectivity index (χ3v) is 6.99. The zero-order valence-corrected chi connectivity index (χ0v) is 24.6.